The van der Waals surface area contributed by atoms with Crippen molar-refractivity contribution in [2.75, 3.05) is 14.9 Å². The second-order valence-electron chi connectivity index (χ2n) is 8.56. The number of aryl methyl sites for hydroxylation is 1. The molecule has 0 radical (unpaired) electrons. The summed E-state index contributed by atoms with van der Waals surface area (Å²) in [5, 5.41) is 3.31. The summed E-state index contributed by atoms with van der Waals surface area (Å²) in [4.78, 5) is 17.5. The number of imidazole rings is 1. The monoisotopic (exact) mass is 529 g/mol. The molecule has 1 aliphatic carbocycles. The highest BCUT2D eigenvalue weighted by Crippen LogP contribution is 2.36. The van der Waals surface area contributed by atoms with E-state index < -0.39 is 21.8 Å². The maximum absolute atomic E-state index is 13.2. The van der Waals surface area contributed by atoms with Crippen LogP contribution in [0.25, 0.3) is 0 Å². The predicted molar refractivity (Wildman–Crippen MR) is 132 cm³/mol. The van der Waals surface area contributed by atoms with E-state index in [-0.39, 0.29) is 10.6 Å². The van der Waals surface area contributed by atoms with Gasteiger partial charge in [-0.05, 0) is 55.7 Å². The summed E-state index contributed by atoms with van der Waals surface area (Å²) in [6.45, 7) is 1.80. The number of hydrogen-bond donors (Lipinski definition) is 3. The third-order valence-corrected chi connectivity index (χ3v) is 7.06. The minimum Gasteiger partial charge on any atom is -0.367 e. The Hall–Kier alpha value is -4.13. The lowest BCUT2D eigenvalue weighted by atomic mass is 10.2. The molecule has 0 unspecified atom stereocenters. The van der Waals surface area contributed by atoms with Gasteiger partial charge in [-0.3, -0.25) is 9.62 Å². The number of rotatable bonds is 8. The third-order valence-electron chi connectivity index (χ3n) is 5.68. The number of anilines is 5. The number of aromatic amines is 1. The second-order valence-corrected chi connectivity index (χ2v) is 10.2. The average molecular weight is 530 g/mol. The van der Waals surface area contributed by atoms with Crippen LogP contribution in [0.5, 0.6) is 0 Å². The van der Waals surface area contributed by atoms with Crippen molar-refractivity contribution in [2.24, 2.45) is 0 Å². The summed E-state index contributed by atoms with van der Waals surface area (Å²) in [5.74, 6) is 1.45. The van der Waals surface area contributed by atoms with Gasteiger partial charge in [-0.2, -0.15) is 13.2 Å². The Morgan fingerprint density at radius 1 is 1.05 bits per heavy atom. The molecule has 9 nitrogen and oxygen atoms in total. The number of benzene rings is 2. The zero-order chi connectivity index (χ0) is 26.2. The molecule has 0 aliphatic heterocycles. The summed E-state index contributed by atoms with van der Waals surface area (Å²) in [6, 6.07) is 10.5. The van der Waals surface area contributed by atoms with E-state index in [4.69, 9.17) is 0 Å². The van der Waals surface area contributed by atoms with Gasteiger partial charge >= 0.3 is 6.18 Å². The number of sulfonamides is 1. The van der Waals surface area contributed by atoms with Crippen molar-refractivity contribution < 1.29 is 21.6 Å². The van der Waals surface area contributed by atoms with E-state index in [1.165, 1.54) is 24.5 Å². The van der Waals surface area contributed by atoms with E-state index in [1.54, 1.807) is 36.4 Å². The van der Waals surface area contributed by atoms with Crippen LogP contribution in [0.1, 0.15) is 24.0 Å². The molecule has 192 valence electrons. The molecule has 4 aromatic rings. The first kappa shape index (κ1) is 24.6. The highest BCUT2D eigenvalue weighted by atomic mass is 32.2. The summed E-state index contributed by atoms with van der Waals surface area (Å²) in [7, 11) is -4.23. The Balaban J connectivity index is 1.53. The van der Waals surface area contributed by atoms with Crippen LogP contribution in [0.3, 0.4) is 0 Å². The fraction of sp³-hybridized carbons (Fsp3) is 0.208. The standard InChI is InChI=1S/C24H22F3N7O2S/c1-15-5-8-19(37(35,36)33-18-4-2-3-16(11-18)24(25,26)27)12-20(15)34(23-28-9-10-29-23)22-13-21(30-14-31-22)32-17-6-7-17/h2-5,8-14,17,33H,6-7H2,1H3,(H,28,29)(H,30,31,32). The fourth-order valence-corrected chi connectivity index (χ4v) is 4.75. The highest BCUT2D eigenvalue weighted by molar-refractivity contribution is 7.92. The lowest BCUT2D eigenvalue weighted by Crippen LogP contribution is -2.18. The number of nitrogens with one attached hydrogen (secondary N) is 3. The first-order valence-corrected chi connectivity index (χ1v) is 12.8. The fourth-order valence-electron chi connectivity index (χ4n) is 3.68. The summed E-state index contributed by atoms with van der Waals surface area (Å²) >= 11 is 0. The van der Waals surface area contributed by atoms with Crippen molar-refractivity contribution in [3.63, 3.8) is 0 Å². The van der Waals surface area contributed by atoms with Gasteiger partial charge in [0.1, 0.15) is 18.0 Å². The molecular formula is C24H22F3N7O2S. The van der Waals surface area contributed by atoms with Gasteiger partial charge in [-0.1, -0.05) is 12.1 Å². The van der Waals surface area contributed by atoms with Gasteiger partial charge in [0.25, 0.3) is 10.0 Å². The summed E-state index contributed by atoms with van der Waals surface area (Å²) in [5.41, 5.74) is 0.00904. The van der Waals surface area contributed by atoms with Crippen LogP contribution in [-0.4, -0.2) is 34.4 Å². The van der Waals surface area contributed by atoms with Crippen molar-refractivity contribution in [1.82, 2.24) is 19.9 Å². The van der Waals surface area contributed by atoms with Crippen LogP contribution in [0.4, 0.5) is 42.1 Å². The Morgan fingerprint density at radius 3 is 2.57 bits per heavy atom. The molecule has 1 saturated carbocycles. The van der Waals surface area contributed by atoms with Crippen molar-refractivity contribution in [3.8, 4) is 0 Å². The number of hydrogen-bond acceptors (Lipinski definition) is 7. The smallest absolute Gasteiger partial charge is 0.367 e. The minimum atomic E-state index is -4.60. The topological polar surface area (TPSA) is 116 Å². The number of halogens is 3. The quantitative estimate of drug-likeness (QED) is 0.281. The first-order chi connectivity index (χ1) is 17.6. The van der Waals surface area contributed by atoms with E-state index in [0.717, 1.165) is 31.0 Å². The molecule has 3 N–H and O–H groups in total. The van der Waals surface area contributed by atoms with Crippen molar-refractivity contribution in [3.05, 3.63) is 78.4 Å². The number of alkyl halides is 3. The van der Waals surface area contributed by atoms with E-state index in [2.05, 4.69) is 30.0 Å². The molecule has 2 aromatic carbocycles. The molecule has 2 aromatic heterocycles. The van der Waals surface area contributed by atoms with Crippen molar-refractivity contribution in [2.45, 2.75) is 36.9 Å². The Morgan fingerprint density at radius 2 is 1.86 bits per heavy atom. The van der Waals surface area contributed by atoms with Crippen LogP contribution in [0.2, 0.25) is 0 Å². The van der Waals surface area contributed by atoms with Gasteiger partial charge in [0.05, 0.1) is 16.1 Å². The van der Waals surface area contributed by atoms with Crippen molar-refractivity contribution >= 4 is 39.0 Å². The molecule has 13 heteroatoms. The number of H-pyrrole nitrogens is 1. The molecule has 0 spiro atoms. The molecule has 0 bridgehead atoms. The Bertz CT molecular complexity index is 1520. The predicted octanol–water partition coefficient (Wildman–Crippen LogP) is 5.37. The molecule has 0 amide bonds. The van der Waals surface area contributed by atoms with E-state index >= 15 is 0 Å². The Kier molecular flexibility index (Phi) is 6.23. The number of nitrogens with zero attached hydrogens (tertiary/aromatic N) is 4. The summed E-state index contributed by atoms with van der Waals surface area (Å²) < 4.78 is 67.9. The first-order valence-electron chi connectivity index (χ1n) is 11.3. The minimum absolute atomic E-state index is 0.146. The Labute approximate surface area is 210 Å². The van der Waals surface area contributed by atoms with Gasteiger partial charge < -0.3 is 10.3 Å². The van der Waals surface area contributed by atoms with Crippen LogP contribution in [0, 0.1) is 6.92 Å². The lowest BCUT2D eigenvalue weighted by Gasteiger charge is -2.24. The second kappa shape index (κ2) is 9.39. The van der Waals surface area contributed by atoms with E-state index in [9.17, 15) is 21.6 Å². The van der Waals surface area contributed by atoms with Gasteiger partial charge in [-0.25, -0.2) is 23.4 Å². The lowest BCUT2D eigenvalue weighted by molar-refractivity contribution is -0.137. The largest absolute Gasteiger partial charge is 0.416 e. The molecule has 0 saturated heterocycles. The van der Waals surface area contributed by atoms with Crippen LogP contribution >= 0.6 is 0 Å². The van der Waals surface area contributed by atoms with Crippen molar-refractivity contribution in [1.29, 1.82) is 0 Å². The van der Waals surface area contributed by atoms with Crippen LogP contribution < -0.4 is 14.9 Å². The molecular weight excluding hydrogens is 507 g/mol. The molecule has 1 aliphatic rings. The summed E-state index contributed by atoms with van der Waals surface area (Å²) in [6.07, 6.45) is 2.09. The third kappa shape index (κ3) is 5.50. The molecule has 5 rings (SSSR count). The van der Waals surface area contributed by atoms with Crippen LogP contribution in [0.15, 0.2) is 72.1 Å². The number of aromatic nitrogens is 4. The maximum atomic E-state index is 13.2. The van der Waals surface area contributed by atoms with Crippen LogP contribution in [-0.2, 0) is 16.2 Å². The highest BCUT2D eigenvalue weighted by Gasteiger charge is 2.31. The molecule has 2 heterocycles. The SMILES string of the molecule is Cc1ccc(S(=O)(=O)Nc2cccc(C(F)(F)F)c2)cc1N(c1cc(NC2CC2)ncn1)c1ncc[nH]1. The van der Waals surface area contributed by atoms with E-state index in [0.29, 0.717) is 34.9 Å². The van der Waals surface area contributed by atoms with Gasteiger partial charge in [0, 0.05) is 30.2 Å². The maximum Gasteiger partial charge on any atom is 0.416 e. The van der Waals surface area contributed by atoms with E-state index in [1.807, 2.05) is 0 Å². The molecule has 37 heavy (non-hydrogen) atoms. The average Bonchev–Trinajstić information content (AvgIpc) is 3.49. The zero-order valence-corrected chi connectivity index (χ0v) is 20.3. The van der Waals surface area contributed by atoms with Gasteiger partial charge in [-0.15, -0.1) is 0 Å². The van der Waals surface area contributed by atoms with Gasteiger partial charge in [0.15, 0.2) is 0 Å². The normalized spacial score (nSPS) is 13.8. The zero-order valence-electron chi connectivity index (χ0n) is 19.5. The molecule has 0 atom stereocenters. The van der Waals surface area contributed by atoms with Gasteiger partial charge in [0.2, 0.25) is 5.95 Å². The molecule has 1 fully saturated rings.